The number of carbonyl (C=O) groups excluding carboxylic acids is 2. The summed E-state index contributed by atoms with van der Waals surface area (Å²) in [7, 11) is 0. The Labute approximate surface area is 149 Å². The Hall–Kier alpha value is -2.30. The van der Waals surface area contributed by atoms with Crippen LogP contribution in [0.1, 0.15) is 5.56 Å². The van der Waals surface area contributed by atoms with E-state index in [-0.39, 0.29) is 17.9 Å². The lowest BCUT2D eigenvalue weighted by molar-refractivity contribution is -0.141. The van der Waals surface area contributed by atoms with E-state index in [1.807, 2.05) is 0 Å². The van der Waals surface area contributed by atoms with Gasteiger partial charge in [0, 0.05) is 5.75 Å². The number of carboxylic acid groups (broad SMARTS) is 1. The van der Waals surface area contributed by atoms with Crippen molar-refractivity contribution in [3.05, 3.63) is 29.8 Å². The van der Waals surface area contributed by atoms with Gasteiger partial charge in [0.25, 0.3) is 0 Å². The van der Waals surface area contributed by atoms with E-state index in [1.54, 1.807) is 12.1 Å². The van der Waals surface area contributed by atoms with Crippen molar-refractivity contribution >= 4 is 30.4 Å². The maximum atomic E-state index is 12.1. The lowest BCUT2D eigenvalue weighted by atomic mass is 10.1. The minimum Gasteiger partial charge on any atom is -0.508 e. The fraction of sp³-hybridized carbons (Fsp3) is 0.400. The monoisotopic (exact) mass is 371 g/mol. The number of carboxylic acids is 1. The van der Waals surface area contributed by atoms with Crippen LogP contribution in [0, 0.1) is 0 Å². The number of aromatic hydroxyl groups is 1. The molecule has 1 rings (SSSR count). The quantitative estimate of drug-likeness (QED) is 0.253. The third-order valence-electron chi connectivity index (χ3n) is 3.34. The Morgan fingerprint density at radius 2 is 1.64 bits per heavy atom. The van der Waals surface area contributed by atoms with Gasteiger partial charge in [0.2, 0.25) is 11.8 Å². The number of nitrogens with two attached hydrogens (primary N) is 1. The molecule has 10 heteroatoms. The highest BCUT2D eigenvalue weighted by Crippen LogP contribution is 2.10. The third-order valence-corrected chi connectivity index (χ3v) is 3.71. The molecule has 0 aliphatic heterocycles. The Morgan fingerprint density at radius 1 is 1.08 bits per heavy atom. The molecule has 9 nitrogen and oxygen atoms in total. The Morgan fingerprint density at radius 3 is 2.12 bits per heavy atom. The molecule has 1 aromatic carbocycles. The molecule has 0 heterocycles. The molecule has 138 valence electrons. The standard InChI is InChI=1S/C15H21N3O6S/c16-10(5-8-1-3-9(20)4-2-8)13(21)17-11(6-19)14(22)18-12(7-25)15(23)24/h1-4,10-12,19-20,25H,5-7,16H2,(H,17,21)(H,18,22)(H,23,24)/t10-,11-,12-/m0/s1. The summed E-state index contributed by atoms with van der Waals surface area (Å²) in [5, 5.41) is 31.8. The lowest BCUT2D eigenvalue weighted by Gasteiger charge is -2.21. The average Bonchev–Trinajstić information content (AvgIpc) is 2.58. The van der Waals surface area contributed by atoms with Gasteiger partial charge in [-0.3, -0.25) is 9.59 Å². The van der Waals surface area contributed by atoms with Gasteiger partial charge in [0.1, 0.15) is 17.8 Å². The van der Waals surface area contributed by atoms with Crippen LogP contribution >= 0.6 is 12.6 Å². The second-order valence-corrected chi connectivity index (χ2v) is 5.67. The molecule has 2 amide bonds. The van der Waals surface area contributed by atoms with Crippen LogP contribution < -0.4 is 16.4 Å². The van der Waals surface area contributed by atoms with Crippen molar-refractivity contribution in [3.63, 3.8) is 0 Å². The van der Waals surface area contributed by atoms with Gasteiger partial charge in [-0.1, -0.05) is 12.1 Å². The molecule has 0 unspecified atom stereocenters. The number of aliphatic hydroxyl groups excluding tert-OH is 1. The molecule has 0 saturated heterocycles. The molecule has 0 saturated carbocycles. The average molecular weight is 371 g/mol. The zero-order valence-corrected chi connectivity index (χ0v) is 14.1. The van der Waals surface area contributed by atoms with Gasteiger partial charge in [0.15, 0.2) is 0 Å². The first-order chi connectivity index (χ1) is 11.8. The second-order valence-electron chi connectivity index (χ2n) is 5.30. The smallest absolute Gasteiger partial charge is 0.327 e. The number of aliphatic carboxylic acids is 1. The summed E-state index contributed by atoms with van der Waals surface area (Å²) in [5.74, 6) is -2.88. The third kappa shape index (κ3) is 6.61. The first-order valence-corrected chi connectivity index (χ1v) is 8.00. The van der Waals surface area contributed by atoms with Gasteiger partial charge in [-0.2, -0.15) is 12.6 Å². The molecule has 0 aromatic heterocycles. The molecule has 0 bridgehead atoms. The van der Waals surface area contributed by atoms with E-state index in [0.717, 1.165) is 0 Å². The Bertz CT molecular complexity index is 610. The van der Waals surface area contributed by atoms with Crippen LogP contribution in [0.3, 0.4) is 0 Å². The van der Waals surface area contributed by atoms with Gasteiger partial charge >= 0.3 is 5.97 Å². The minimum atomic E-state index is -1.33. The Kier molecular flexibility index (Phi) is 8.19. The molecule has 25 heavy (non-hydrogen) atoms. The lowest BCUT2D eigenvalue weighted by Crippen LogP contribution is -2.56. The number of phenols is 1. The summed E-state index contributed by atoms with van der Waals surface area (Å²) in [4.78, 5) is 34.9. The number of aliphatic hydroxyl groups is 1. The molecule has 7 N–H and O–H groups in total. The molecule has 0 aliphatic rings. The topological polar surface area (TPSA) is 162 Å². The summed E-state index contributed by atoms with van der Waals surface area (Å²) in [6.07, 6.45) is 0.153. The van der Waals surface area contributed by atoms with Crippen molar-refractivity contribution in [2.24, 2.45) is 5.73 Å². The fourth-order valence-corrected chi connectivity index (χ4v) is 2.16. The number of phenolic OH excluding ortho intramolecular Hbond substituents is 1. The largest absolute Gasteiger partial charge is 0.508 e. The van der Waals surface area contributed by atoms with Crippen molar-refractivity contribution in [1.29, 1.82) is 0 Å². The second kappa shape index (κ2) is 9.87. The van der Waals surface area contributed by atoms with Crippen LogP contribution in [0.5, 0.6) is 5.75 Å². The van der Waals surface area contributed by atoms with Gasteiger partial charge in [-0.25, -0.2) is 4.79 Å². The van der Waals surface area contributed by atoms with Gasteiger partial charge in [-0.15, -0.1) is 0 Å². The molecule has 3 atom stereocenters. The van der Waals surface area contributed by atoms with Crippen molar-refractivity contribution in [2.75, 3.05) is 12.4 Å². The number of rotatable bonds is 9. The van der Waals surface area contributed by atoms with Crippen molar-refractivity contribution in [2.45, 2.75) is 24.5 Å². The SMILES string of the molecule is N[C@@H](Cc1ccc(O)cc1)C(=O)N[C@@H](CO)C(=O)N[C@@H](CS)C(=O)O. The molecule has 1 aromatic rings. The molecule has 0 spiro atoms. The molecule has 0 aliphatic carbocycles. The normalized spacial score (nSPS) is 14.2. The van der Waals surface area contributed by atoms with Crippen molar-refractivity contribution in [1.82, 2.24) is 10.6 Å². The van der Waals surface area contributed by atoms with Crippen LogP contribution in [-0.4, -0.2) is 63.6 Å². The zero-order valence-electron chi connectivity index (χ0n) is 13.3. The molecule has 0 radical (unpaired) electrons. The first kappa shape index (κ1) is 20.7. The number of carbonyl (C=O) groups is 3. The van der Waals surface area contributed by atoms with Gasteiger partial charge in [-0.05, 0) is 24.1 Å². The Balaban J connectivity index is 2.63. The maximum Gasteiger partial charge on any atom is 0.327 e. The van der Waals surface area contributed by atoms with Crippen molar-refractivity contribution in [3.8, 4) is 5.75 Å². The summed E-state index contributed by atoms with van der Waals surface area (Å²) >= 11 is 3.81. The van der Waals surface area contributed by atoms with E-state index in [0.29, 0.717) is 5.56 Å². The number of amides is 2. The minimum absolute atomic E-state index is 0.0796. The first-order valence-electron chi connectivity index (χ1n) is 7.37. The summed E-state index contributed by atoms with van der Waals surface area (Å²) < 4.78 is 0. The summed E-state index contributed by atoms with van der Waals surface area (Å²) in [5.41, 5.74) is 6.47. The van der Waals surface area contributed by atoms with Crippen LogP contribution in [-0.2, 0) is 20.8 Å². The van der Waals surface area contributed by atoms with Crippen LogP contribution in [0.4, 0.5) is 0 Å². The number of hydrogen-bond acceptors (Lipinski definition) is 7. The number of benzene rings is 1. The maximum absolute atomic E-state index is 12.1. The highest BCUT2D eigenvalue weighted by molar-refractivity contribution is 7.80. The fourth-order valence-electron chi connectivity index (χ4n) is 1.91. The van der Waals surface area contributed by atoms with Gasteiger partial charge in [0.05, 0.1) is 12.6 Å². The zero-order chi connectivity index (χ0) is 19.0. The predicted octanol–water partition coefficient (Wildman–Crippen LogP) is -1.76. The molecular weight excluding hydrogens is 350 g/mol. The number of hydrogen-bond donors (Lipinski definition) is 7. The van der Waals surface area contributed by atoms with E-state index >= 15 is 0 Å². The highest BCUT2D eigenvalue weighted by atomic mass is 32.1. The van der Waals surface area contributed by atoms with Crippen LogP contribution in [0.25, 0.3) is 0 Å². The van der Waals surface area contributed by atoms with Crippen LogP contribution in [0.15, 0.2) is 24.3 Å². The van der Waals surface area contributed by atoms with E-state index < -0.39 is 42.5 Å². The van der Waals surface area contributed by atoms with E-state index in [4.69, 9.17) is 10.8 Å². The van der Waals surface area contributed by atoms with E-state index in [2.05, 4.69) is 23.3 Å². The van der Waals surface area contributed by atoms with E-state index in [9.17, 15) is 24.6 Å². The van der Waals surface area contributed by atoms with Crippen LogP contribution in [0.2, 0.25) is 0 Å². The molecule has 0 fully saturated rings. The number of thiol groups is 1. The summed E-state index contributed by atoms with van der Waals surface area (Å²) in [6, 6.07) is 2.53. The van der Waals surface area contributed by atoms with Gasteiger partial charge < -0.3 is 31.7 Å². The summed E-state index contributed by atoms with van der Waals surface area (Å²) in [6.45, 7) is -0.720. The predicted molar refractivity (Wildman–Crippen MR) is 92.2 cm³/mol. The van der Waals surface area contributed by atoms with Crippen molar-refractivity contribution < 1.29 is 29.7 Å². The van der Waals surface area contributed by atoms with E-state index in [1.165, 1.54) is 12.1 Å². The molecular formula is C15H21N3O6S. The number of nitrogens with one attached hydrogen (secondary N) is 2. The highest BCUT2D eigenvalue weighted by Gasteiger charge is 2.26.